The van der Waals surface area contributed by atoms with Gasteiger partial charge in [-0.1, -0.05) is 44.2 Å². The summed E-state index contributed by atoms with van der Waals surface area (Å²) in [6.45, 7) is 5.16. The molecule has 0 spiro atoms. The molecule has 1 fully saturated rings. The van der Waals surface area contributed by atoms with Crippen LogP contribution in [0.15, 0.2) is 30.3 Å². The van der Waals surface area contributed by atoms with Crippen LogP contribution in [0, 0.1) is 11.8 Å². The zero-order chi connectivity index (χ0) is 13.9. The molecule has 4 nitrogen and oxygen atoms in total. The number of carboxylic acid groups (broad SMARTS) is 1. The Bertz CT molecular complexity index is 429. The van der Waals surface area contributed by atoms with Crippen molar-refractivity contribution in [3.8, 4) is 0 Å². The Hall–Kier alpha value is -1.39. The van der Waals surface area contributed by atoms with E-state index in [9.17, 15) is 4.79 Å². The van der Waals surface area contributed by atoms with Gasteiger partial charge in [-0.25, -0.2) is 0 Å². The van der Waals surface area contributed by atoms with Crippen molar-refractivity contribution in [3.05, 3.63) is 42.3 Å². The van der Waals surface area contributed by atoms with E-state index >= 15 is 0 Å². The van der Waals surface area contributed by atoms with E-state index in [-0.39, 0.29) is 11.8 Å². The summed E-state index contributed by atoms with van der Waals surface area (Å²) in [5, 5.41) is 8.87. The van der Waals surface area contributed by atoms with Crippen LogP contribution >= 0.6 is 0 Å². The van der Waals surface area contributed by atoms with Gasteiger partial charge in [0.25, 0.3) is 0 Å². The van der Waals surface area contributed by atoms with Gasteiger partial charge in [-0.05, 0) is 0 Å². The molecular weight excluding hydrogens is 244 g/mol. The minimum absolute atomic E-state index is 0.0602. The van der Waals surface area contributed by atoms with E-state index in [0.717, 1.165) is 5.56 Å². The molecule has 4 heteroatoms. The van der Waals surface area contributed by atoms with Gasteiger partial charge in [-0.2, -0.15) is 0 Å². The van der Waals surface area contributed by atoms with Gasteiger partial charge in [0.2, 0.25) is 0 Å². The van der Waals surface area contributed by atoms with Gasteiger partial charge < -0.3 is 14.6 Å². The van der Waals surface area contributed by atoms with Crippen LogP contribution in [0.5, 0.6) is 0 Å². The van der Waals surface area contributed by atoms with Gasteiger partial charge >= 0.3 is 5.97 Å². The van der Waals surface area contributed by atoms with Crippen LogP contribution in [0.4, 0.5) is 0 Å². The maximum Gasteiger partial charge on any atom is 0.303 e. The van der Waals surface area contributed by atoms with Gasteiger partial charge in [-0.3, -0.25) is 4.79 Å². The molecule has 1 aliphatic heterocycles. The van der Waals surface area contributed by atoms with Crippen molar-refractivity contribution < 1.29 is 19.4 Å². The summed E-state index contributed by atoms with van der Waals surface area (Å²) in [5.41, 5.74) is 0.766. The predicted octanol–water partition coefficient (Wildman–Crippen LogP) is 2.59. The summed E-state index contributed by atoms with van der Waals surface area (Å²) in [7, 11) is 0. The van der Waals surface area contributed by atoms with Gasteiger partial charge in [0, 0.05) is 17.4 Å². The molecular formula is C15H19O4. The number of hydrogen-bond acceptors (Lipinski definition) is 3. The van der Waals surface area contributed by atoms with Crippen LogP contribution in [-0.4, -0.2) is 24.3 Å². The predicted molar refractivity (Wildman–Crippen MR) is 70.4 cm³/mol. The van der Waals surface area contributed by atoms with E-state index in [1.807, 2.05) is 30.3 Å². The topological polar surface area (TPSA) is 55.8 Å². The van der Waals surface area contributed by atoms with Crippen molar-refractivity contribution in [2.45, 2.75) is 26.1 Å². The smallest absolute Gasteiger partial charge is 0.303 e. The molecule has 2 rings (SSSR count). The Morgan fingerprint density at radius 2 is 1.84 bits per heavy atom. The average molecular weight is 263 g/mol. The minimum Gasteiger partial charge on any atom is -0.481 e. The van der Waals surface area contributed by atoms with E-state index in [1.54, 1.807) is 6.42 Å². The van der Waals surface area contributed by atoms with Gasteiger partial charge in [0.15, 0.2) is 5.79 Å². The van der Waals surface area contributed by atoms with E-state index in [2.05, 4.69) is 13.8 Å². The van der Waals surface area contributed by atoms with Crippen LogP contribution < -0.4 is 0 Å². The standard InChI is InChI=1S/C15H19O4/c1-14(2)10-18-15(19-11-14,9-8-13(16)17)12-6-4-3-5-7-12/h3-7,9H,8,10-11H2,1-2H3,(H,16,17). The molecule has 103 valence electrons. The summed E-state index contributed by atoms with van der Waals surface area (Å²) in [4.78, 5) is 10.8. The number of carboxylic acids is 1. The Morgan fingerprint density at radius 1 is 1.26 bits per heavy atom. The van der Waals surface area contributed by atoms with Crippen LogP contribution in [0.2, 0.25) is 0 Å². The van der Waals surface area contributed by atoms with Crippen LogP contribution in [-0.2, 0) is 20.1 Å². The van der Waals surface area contributed by atoms with Gasteiger partial charge in [0.05, 0.1) is 19.6 Å². The maximum atomic E-state index is 10.8. The van der Waals surface area contributed by atoms with Crippen molar-refractivity contribution in [2.75, 3.05) is 13.2 Å². The third kappa shape index (κ3) is 3.33. The molecule has 1 N–H and O–H groups in total. The molecule has 1 aliphatic rings. The lowest BCUT2D eigenvalue weighted by molar-refractivity contribution is -0.290. The van der Waals surface area contributed by atoms with Crippen molar-refractivity contribution >= 4 is 5.97 Å². The fourth-order valence-corrected chi connectivity index (χ4v) is 1.98. The Morgan fingerprint density at radius 3 is 2.37 bits per heavy atom. The fourth-order valence-electron chi connectivity index (χ4n) is 1.98. The number of benzene rings is 1. The molecule has 0 amide bonds. The Balaban J connectivity index is 2.22. The van der Waals surface area contributed by atoms with Gasteiger partial charge in [-0.15, -0.1) is 0 Å². The molecule has 1 aromatic carbocycles. The third-order valence-corrected chi connectivity index (χ3v) is 3.08. The number of carbonyl (C=O) groups is 1. The number of rotatable bonds is 4. The van der Waals surface area contributed by atoms with E-state index in [1.165, 1.54) is 0 Å². The fraction of sp³-hybridized carbons (Fsp3) is 0.467. The van der Waals surface area contributed by atoms with E-state index < -0.39 is 11.8 Å². The van der Waals surface area contributed by atoms with Crippen molar-refractivity contribution in [3.63, 3.8) is 0 Å². The molecule has 19 heavy (non-hydrogen) atoms. The van der Waals surface area contributed by atoms with E-state index in [4.69, 9.17) is 14.6 Å². The first-order valence-electron chi connectivity index (χ1n) is 6.33. The van der Waals surface area contributed by atoms with Crippen molar-refractivity contribution in [2.24, 2.45) is 5.41 Å². The highest BCUT2D eigenvalue weighted by Gasteiger charge is 2.42. The SMILES string of the molecule is CC1(C)COC([CH]CC(=O)O)(c2ccccc2)OC1. The molecule has 0 atom stereocenters. The zero-order valence-corrected chi connectivity index (χ0v) is 11.3. The first kappa shape index (κ1) is 14.0. The molecule has 0 bridgehead atoms. The molecule has 0 unspecified atom stereocenters. The largest absolute Gasteiger partial charge is 0.481 e. The monoisotopic (exact) mass is 263 g/mol. The first-order valence-corrected chi connectivity index (χ1v) is 6.33. The van der Waals surface area contributed by atoms with E-state index in [0.29, 0.717) is 13.2 Å². The van der Waals surface area contributed by atoms with Crippen molar-refractivity contribution in [1.29, 1.82) is 0 Å². The molecule has 1 saturated heterocycles. The zero-order valence-electron chi connectivity index (χ0n) is 11.3. The Kier molecular flexibility index (Phi) is 3.92. The highest BCUT2D eigenvalue weighted by atomic mass is 16.7. The summed E-state index contributed by atoms with van der Waals surface area (Å²) in [5.74, 6) is -1.94. The highest BCUT2D eigenvalue weighted by molar-refractivity contribution is 5.68. The highest BCUT2D eigenvalue weighted by Crippen LogP contribution is 2.39. The van der Waals surface area contributed by atoms with Crippen molar-refractivity contribution in [1.82, 2.24) is 0 Å². The summed E-state index contributed by atoms with van der Waals surface area (Å²) in [6.07, 6.45) is 1.48. The molecule has 0 aliphatic carbocycles. The Labute approximate surface area is 113 Å². The van der Waals surface area contributed by atoms with Crippen LogP contribution in [0.25, 0.3) is 0 Å². The first-order chi connectivity index (χ1) is 8.94. The average Bonchev–Trinajstić information content (AvgIpc) is 2.39. The second kappa shape index (κ2) is 5.31. The lowest BCUT2D eigenvalue weighted by Gasteiger charge is -2.43. The summed E-state index contributed by atoms with van der Waals surface area (Å²) in [6, 6.07) is 9.45. The minimum atomic E-state index is -1.05. The maximum absolute atomic E-state index is 10.8. The lowest BCUT2D eigenvalue weighted by Crippen LogP contribution is -2.46. The second-order valence-electron chi connectivity index (χ2n) is 5.58. The molecule has 1 aromatic rings. The molecule has 0 aromatic heterocycles. The second-order valence-corrected chi connectivity index (χ2v) is 5.58. The number of aliphatic carboxylic acids is 1. The number of hydrogen-bond donors (Lipinski definition) is 1. The summed E-state index contributed by atoms with van der Waals surface area (Å²) < 4.78 is 11.8. The normalized spacial score (nSPS) is 20.9. The third-order valence-electron chi connectivity index (χ3n) is 3.08. The summed E-state index contributed by atoms with van der Waals surface area (Å²) >= 11 is 0. The quantitative estimate of drug-likeness (QED) is 0.907. The molecule has 1 radical (unpaired) electrons. The lowest BCUT2D eigenvalue weighted by atomic mass is 9.92. The number of ether oxygens (including phenoxy) is 2. The van der Waals surface area contributed by atoms with Crippen LogP contribution in [0.1, 0.15) is 25.8 Å². The molecule has 0 saturated carbocycles. The van der Waals surface area contributed by atoms with Crippen LogP contribution in [0.3, 0.4) is 0 Å². The van der Waals surface area contributed by atoms with Gasteiger partial charge in [0.1, 0.15) is 0 Å². The molecule has 1 heterocycles.